The summed E-state index contributed by atoms with van der Waals surface area (Å²) in [5.74, 6) is 0.413. The summed E-state index contributed by atoms with van der Waals surface area (Å²) < 4.78 is 0.874. The predicted molar refractivity (Wildman–Crippen MR) is 74.2 cm³/mol. The summed E-state index contributed by atoms with van der Waals surface area (Å²) in [6, 6.07) is 5.69. The lowest BCUT2D eigenvalue weighted by Gasteiger charge is -2.11. The van der Waals surface area contributed by atoms with Gasteiger partial charge in [0.15, 0.2) is 0 Å². The molecule has 0 heterocycles. The Labute approximate surface area is 113 Å². The van der Waals surface area contributed by atoms with Gasteiger partial charge in [-0.25, -0.2) is 0 Å². The first-order valence-electron chi connectivity index (χ1n) is 5.15. The molecule has 1 amide bonds. The van der Waals surface area contributed by atoms with Crippen LogP contribution in [0.3, 0.4) is 0 Å². The van der Waals surface area contributed by atoms with E-state index in [2.05, 4.69) is 44.1 Å². The Morgan fingerprint density at radius 3 is 2.81 bits per heavy atom. The van der Waals surface area contributed by atoms with E-state index in [1.807, 2.05) is 25.1 Å². The molecule has 1 atom stereocenters. The highest BCUT2D eigenvalue weighted by molar-refractivity contribution is 9.10. The van der Waals surface area contributed by atoms with Gasteiger partial charge in [0.1, 0.15) is 0 Å². The standard InChI is InChI=1S/C12H15Br2NO/c1-8(6-13)7-15-12(16)10-5-3-4-9(2)11(10)14/h3-5,8H,6-7H2,1-2H3,(H,15,16). The number of hydrogen-bond acceptors (Lipinski definition) is 1. The van der Waals surface area contributed by atoms with E-state index in [4.69, 9.17) is 0 Å². The van der Waals surface area contributed by atoms with Gasteiger partial charge in [0.2, 0.25) is 0 Å². The number of carbonyl (C=O) groups excluding carboxylic acids is 1. The van der Waals surface area contributed by atoms with Gasteiger partial charge in [-0.3, -0.25) is 4.79 Å². The maximum Gasteiger partial charge on any atom is 0.252 e. The van der Waals surface area contributed by atoms with Crippen molar-refractivity contribution in [1.82, 2.24) is 5.32 Å². The van der Waals surface area contributed by atoms with Crippen molar-refractivity contribution in [2.24, 2.45) is 5.92 Å². The second-order valence-corrected chi connectivity index (χ2v) is 5.35. The summed E-state index contributed by atoms with van der Waals surface area (Å²) >= 11 is 6.82. The first kappa shape index (κ1) is 13.7. The van der Waals surface area contributed by atoms with Crippen molar-refractivity contribution >= 4 is 37.8 Å². The summed E-state index contributed by atoms with van der Waals surface area (Å²) in [5.41, 5.74) is 1.77. The molecule has 0 saturated heterocycles. The average molecular weight is 349 g/mol. The van der Waals surface area contributed by atoms with Crippen molar-refractivity contribution in [3.63, 3.8) is 0 Å². The van der Waals surface area contributed by atoms with E-state index in [-0.39, 0.29) is 5.91 Å². The van der Waals surface area contributed by atoms with E-state index in [0.717, 1.165) is 15.4 Å². The van der Waals surface area contributed by atoms with E-state index in [9.17, 15) is 4.79 Å². The van der Waals surface area contributed by atoms with Crippen molar-refractivity contribution in [3.8, 4) is 0 Å². The molecule has 0 radical (unpaired) electrons. The molecule has 0 aliphatic heterocycles. The second kappa shape index (κ2) is 6.40. The second-order valence-electron chi connectivity index (χ2n) is 3.91. The monoisotopic (exact) mass is 347 g/mol. The molecule has 0 aliphatic rings. The van der Waals surface area contributed by atoms with Gasteiger partial charge >= 0.3 is 0 Å². The van der Waals surface area contributed by atoms with Crippen molar-refractivity contribution in [3.05, 3.63) is 33.8 Å². The number of carbonyl (C=O) groups is 1. The lowest BCUT2D eigenvalue weighted by atomic mass is 10.1. The van der Waals surface area contributed by atoms with Crippen LogP contribution in [-0.4, -0.2) is 17.8 Å². The zero-order valence-electron chi connectivity index (χ0n) is 9.39. The zero-order chi connectivity index (χ0) is 12.1. The van der Waals surface area contributed by atoms with Crippen molar-refractivity contribution in [1.29, 1.82) is 0 Å². The molecule has 0 bridgehead atoms. The van der Waals surface area contributed by atoms with Crippen LogP contribution in [0.25, 0.3) is 0 Å². The fourth-order valence-electron chi connectivity index (χ4n) is 1.24. The molecule has 88 valence electrons. The van der Waals surface area contributed by atoms with E-state index in [1.54, 1.807) is 0 Å². The minimum atomic E-state index is -0.0247. The van der Waals surface area contributed by atoms with Crippen LogP contribution in [0.15, 0.2) is 22.7 Å². The van der Waals surface area contributed by atoms with Gasteiger partial charge in [-0.1, -0.05) is 35.0 Å². The minimum Gasteiger partial charge on any atom is -0.352 e. The molecule has 0 fully saturated rings. The molecule has 1 unspecified atom stereocenters. The molecule has 0 aromatic heterocycles. The summed E-state index contributed by atoms with van der Waals surface area (Å²) in [4.78, 5) is 11.9. The summed E-state index contributed by atoms with van der Waals surface area (Å²) in [5, 5.41) is 3.81. The molecule has 16 heavy (non-hydrogen) atoms. The molecular formula is C12H15Br2NO. The van der Waals surface area contributed by atoms with Crippen LogP contribution in [0.2, 0.25) is 0 Å². The molecule has 0 aliphatic carbocycles. The molecule has 1 aromatic rings. The smallest absolute Gasteiger partial charge is 0.252 e. The molecule has 0 spiro atoms. The van der Waals surface area contributed by atoms with Gasteiger partial charge in [-0.2, -0.15) is 0 Å². The van der Waals surface area contributed by atoms with Crippen LogP contribution < -0.4 is 5.32 Å². The lowest BCUT2D eigenvalue weighted by Crippen LogP contribution is -2.29. The maximum atomic E-state index is 11.9. The van der Waals surface area contributed by atoms with Crippen molar-refractivity contribution in [2.75, 3.05) is 11.9 Å². The molecule has 1 aromatic carbocycles. The van der Waals surface area contributed by atoms with E-state index in [0.29, 0.717) is 18.0 Å². The largest absolute Gasteiger partial charge is 0.352 e. The van der Waals surface area contributed by atoms with E-state index >= 15 is 0 Å². The SMILES string of the molecule is Cc1cccc(C(=O)NCC(C)CBr)c1Br. The van der Waals surface area contributed by atoms with Gasteiger partial charge in [0, 0.05) is 16.3 Å². The first-order valence-corrected chi connectivity index (χ1v) is 7.07. The Morgan fingerprint density at radius 2 is 2.19 bits per heavy atom. The number of aryl methyl sites for hydroxylation is 1. The molecule has 1 rings (SSSR count). The van der Waals surface area contributed by atoms with Gasteiger partial charge in [-0.05, 0) is 40.4 Å². The highest BCUT2D eigenvalue weighted by atomic mass is 79.9. The zero-order valence-corrected chi connectivity index (χ0v) is 12.6. The topological polar surface area (TPSA) is 29.1 Å². The number of halogens is 2. The molecule has 4 heteroatoms. The highest BCUT2D eigenvalue weighted by Gasteiger charge is 2.11. The average Bonchev–Trinajstić information content (AvgIpc) is 2.29. The fraction of sp³-hybridized carbons (Fsp3) is 0.417. The van der Waals surface area contributed by atoms with Crippen LogP contribution >= 0.6 is 31.9 Å². The van der Waals surface area contributed by atoms with Crippen LogP contribution in [0.1, 0.15) is 22.8 Å². The summed E-state index contributed by atoms with van der Waals surface area (Å²) in [7, 11) is 0. The molecule has 1 N–H and O–H groups in total. The minimum absolute atomic E-state index is 0.0247. The van der Waals surface area contributed by atoms with Crippen molar-refractivity contribution in [2.45, 2.75) is 13.8 Å². The number of amides is 1. The normalized spacial score (nSPS) is 12.2. The first-order chi connectivity index (χ1) is 7.56. The van der Waals surface area contributed by atoms with Gasteiger partial charge in [0.05, 0.1) is 5.56 Å². The third-order valence-electron chi connectivity index (χ3n) is 2.31. The Morgan fingerprint density at radius 1 is 1.50 bits per heavy atom. The third kappa shape index (κ3) is 3.59. The third-order valence-corrected chi connectivity index (χ3v) is 4.47. The quantitative estimate of drug-likeness (QED) is 0.829. The fourth-order valence-corrected chi connectivity index (χ4v) is 1.91. The molecule has 0 saturated carbocycles. The number of alkyl halides is 1. The van der Waals surface area contributed by atoms with Gasteiger partial charge in [-0.15, -0.1) is 0 Å². The maximum absolute atomic E-state index is 11.9. The Balaban J connectivity index is 2.70. The predicted octanol–water partition coefficient (Wildman–Crippen LogP) is 3.52. The van der Waals surface area contributed by atoms with Crippen LogP contribution in [0.5, 0.6) is 0 Å². The van der Waals surface area contributed by atoms with E-state index in [1.165, 1.54) is 0 Å². The number of rotatable bonds is 4. The van der Waals surface area contributed by atoms with Crippen molar-refractivity contribution < 1.29 is 4.79 Å². The van der Waals surface area contributed by atoms with Crippen LogP contribution in [0.4, 0.5) is 0 Å². The Hall–Kier alpha value is -0.350. The van der Waals surface area contributed by atoms with E-state index < -0.39 is 0 Å². The summed E-state index contributed by atoms with van der Waals surface area (Å²) in [6.45, 7) is 4.74. The van der Waals surface area contributed by atoms with Gasteiger partial charge < -0.3 is 5.32 Å². The summed E-state index contributed by atoms with van der Waals surface area (Å²) in [6.07, 6.45) is 0. The molecular weight excluding hydrogens is 334 g/mol. The van der Waals surface area contributed by atoms with Gasteiger partial charge in [0.25, 0.3) is 5.91 Å². The number of hydrogen-bond donors (Lipinski definition) is 1. The van der Waals surface area contributed by atoms with Crippen LogP contribution in [-0.2, 0) is 0 Å². The lowest BCUT2D eigenvalue weighted by molar-refractivity contribution is 0.0948. The molecule has 2 nitrogen and oxygen atoms in total. The van der Waals surface area contributed by atoms with Crippen LogP contribution in [0, 0.1) is 12.8 Å². The number of nitrogens with one attached hydrogen (secondary N) is 1. The number of benzene rings is 1. The highest BCUT2D eigenvalue weighted by Crippen LogP contribution is 2.20. The Kier molecular flexibility index (Phi) is 5.49. The Bertz CT molecular complexity index is 379.